The van der Waals surface area contributed by atoms with Crippen LogP contribution >= 0.6 is 0 Å². The van der Waals surface area contributed by atoms with Crippen molar-refractivity contribution in [1.82, 2.24) is 19.6 Å². The summed E-state index contributed by atoms with van der Waals surface area (Å²) >= 11 is 0. The van der Waals surface area contributed by atoms with E-state index in [0.717, 1.165) is 0 Å². The van der Waals surface area contributed by atoms with Gasteiger partial charge in [0.25, 0.3) is 21.0 Å². The first-order valence-corrected chi connectivity index (χ1v) is 6.89. The van der Waals surface area contributed by atoms with E-state index in [4.69, 9.17) is 0 Å². The van der Waals surface area contributed by atoms with Crippen LogP contribution in [0.3, 0.4) is 0 Å². The van der Waals surface area contributed by atoms with Gasteiger partial charge in [-0.05, 0) is 18.2 Å². The van der Waals surface area contributed by atoms with Crippen LogP contribution in [-0.4, -0.2) is 28.0 Å². The molecule has 0 aliphatic heterocycles. The lowest BCUT2D eigenvalue weighted by Crippen LogP contribution is -2.14. The van der Waals surface area contributed by atoms with Crippen LogP contribution in [0.15, 0.2) is 53.9 Å². The Morgan fingerprint density at radius 3 is 2.63 bits per heavy atom. The third kappa shape index (κ3) is 2.25. The number of nitrogens with one attached hydrogen (secondary N) is 1. The van der Waals surface area contributed by atoms with Crippen molar-refractivity contribution < 1.29 is 8.42 Å². The zero-order valence-electron chi connectivity index (χ0n) is 9.63. The van der Waals surface area contributed by atoms with Gasteiger partial charge in [0.1, 0.15) is 0 Å². The zero-order valence-corrected chi connectivity index (χ0v) is 10.4. The van der Waals surface area contributed by atoms with E-state index < -0.39 is 10.0 Å². The van der Waals surface area contributed by atoms with Crippen molar-refractivity contribution in [1.29, 1.82) is 0 Å². The fourth-order valence-corrected chi connectivity index (χ4v) is 2.47. The van der Waals surface area contributed by atoms with Crippen LogP contribution in [0.25, 0.3) is 5.78 Å². The Balaban J connectivity index is 2.00. The molecule has 0 spiro atoms. The van der Waals surface area contributed by atoms with E-state index >= 15 is 0 Å². The van der Waals surface area contributed by atoms with Gasteiger partial charge < -0.3 is 0 Å². The van der Waals surface area contributed by atoms with E-state index in [1.165, 1.54) is 10.7 Å². The summed E-state index contributed by atoms with van der Waals surface area (Å²) in [7, 11) is -3.81. The van der Waals surface area contributed by atoms with Crippen molar-refractivity contribution >= 4 is 21.5 Å². The number of hydrogen-bond donors (Lipinski definition) is 1. The van der Waals surface area contributed by atoms with Crippen molar-refractivity contribution in [2.75, 3.05) is 4.72 Å². The minimum absolute atomic E-state index is 0.232. The molecule has 1 aromatic carbocycles. The molecule has 19 heavy (non-hydrogen) atoms. The summed E-state index contributed by atoms with van der Waals surface area (Å²) in [5.74, 6) is 0.232. The molecule has 0 saturated heterocycles. The van der Waals surface area contributed by atoms with Gasteiger partial charge in [-0.3, -0.25) is 4.72 Å². The summed E-state index contributed by atoms with van der Waals surface area (Å²) in [6.07, 6.45) is 3.10. The second kappa shape index (κ2) is 4.32. The van der Waals surface area contributed by atoms with Gasteiger partial charge in [-0.1, -0.05) is 18.2 Å². The van der Waals surface area contributed by atoms with E-state index in [0.29, 0.717) is 5.69 Å². The summed E-state index contributed by atoms with van der Waals surface area (Å²) in [5.41, 5.74) is 0.453. The van der Waals surface area contributed by atoms with Crippen LogP contribution in [0.1, 0.15) is 0 Å². The summed E-state index contributed by atoms with van der Waals surface area (Å²) in [6, 6.07) is 10.2. The summed E-state index contributed by atoms with van der Waals surface area (Å²) in [4.78, 5) is 7.79. The molecule has 3 rings (SSSR count). The Labute approximate surface area is 109 Å². The minimum Gasteiger partial charge on any atom is -0.277 e. The van der Waals surface area contributed by atoms with Crippen LogP contribution in [0.5, 0.6) is 0 Å². The van der Waals surface area contributed by atoms with Crippen LogP contribution in [0.4, 0.5) is 5.69 Å². The van der Waals surface area contributed by atoms with E-state index in [-0.39, 0.29) is 10.9 Å². The molecule has 7 nitrogen and oxygen atoms in total. The Morgan fingerprint density at radius 1 is 1.11 bits per heavy atom. The molecule has 1 N–H and O–H groups in total. The molecule has 0 unspecified atom stereocenters. The molecule has 96 valence electrons. The monoisotopic (exact) mass is 275 g/mol. The van der Waals surface area contributed by atoms with Gasteiger partial charge in [0, 0.05) is 18.1 Å². The third-order valence-corrected chi connectivity index (χ3v) is 3.52. The molecule has 0 fully saturated rings. The number of benzene rings is 1. The molecule has 0 amide bonds. The molecule has 0 aliphatic rings. The number of aromatic nitrogens is 4. The number of hydrogen-bond acceptors (Lipinski definition) is 5. The molecular formula is C11H9N5O2S. The van der Waals surface area contributed by atoms with E-state index in [9.17, 15) is 8.42 Å². The summed E-state index contributed by atoms with van der Waals surface area (Å²) in [6.45, 7) is 0. The molecule has 0 bridgehead atoms. The third-order valence-electron chi connectivity index (χ3n) is 2.36. The van der Waals surface area contributed by atoms with Crippen LogP contribution in [0, 0.1) is 0 Å². The predicted octanol–water partition coefficient (Wildman–Crippen LogP) is 0.925. The highest BCUT2D eigenvalue weighted by Crippen LogP contribution is 2.12. The smallest absolute Gasteiger partial charge is 0.277 e. The molecule has 0 aliphatic carbocycles. The normalized spacial score (nSPS) is 11.6. The van der Waals surface area contributed by atoms with Gasteiger partial charge >= 0.3 is 0 Å². The van der Waals surface area contributed by atoms with Crippen molar-refractivity contribution in [3.05, 3.63) is 48.8 Å². The predicted molar refractivity (Wildman–Crippen MR) is 68.0 cm³/mol. The maximum absolute atomic E-state index is 12.1. The van der Waals surface area contributed by atoms with Crippen LogP contribution in [0.2, 0.25) is 0 Å². The van der Waals surface area contributed by atoms with Gasteiger partial charge in [-0.15, -0.1) is 5.10 Å². The Bertz CT molecular complexity index is 780. The number of sulfonamides is 1. The topological polar surface area (TPSA) is 89.2 Å². The first-order valence-electron chi connectivity index (χ1n) is 5.40. The fourth-order valence-electron chi connectivity index (χ4n) is 1.53. The van der Waals surface area contributed by atoms with Gasteiger partial charge in [-0.2, -0.15) is 13.4 Å². The molecule has 3 aromatic rings. The lowest BCUT2D eigenvalue weighted by Gasteiger charge is -2.03. The highest BCUT2D eigenvalue weighted by Gasteiger charge is 2.20. The Kier molecular flexibility index (Phi) is 2.64. The molecule has 2 aromatic heterocycles. The average Bonchev–Trinajstić information content (AvgIpc) is 2.84. The standard InChI is InChI=1S/C11H9N5O2S/c17-19(18,15-9-5-2-1-3-6-9)11-13-10-12-7-4-8-16(10)14-11/h1-8,15H. The molecule has 0 saturated carbocycles. The number of rotatable bonds is 3. The van der Waals surface area contributed by atoms with Gasteiger partial charge in [-0.25, -0.2) is 9.50 Å². The van der Waals surface area contributed by atoms with Crippen molar-refractivity contribution in [2.24, 2.45) is 0 Å². The van der Waals surface area contributed by atoms with E-state index in [2.05, 4.69) is 19.8 Å². The fraction of sp³-hybridized carbons (Fsp3) is 0. The maximum Gasteiger partial charge on any atom is 0.299 e. The molecule has 0 radical (unpaired) electrons. The zero-order chi connectivity index (χ0) is 13.3. The highest BCUT2D eigenvalue weighted by molar-refractivity contribution is 7.92. The Hall–Kier alpha value is -2.48. The van der Waals surface area contributed by atoms with Gasteiger partial charge in [0.05, 0.1) is 0 Å². The van der Waals surface area contributed by atoms with E-state index in [1.54, 1.807) is 42.6 Å². The van der Waals surface area contributed by atoms with E-state index in [1.807, 2.05) is 0 Å². The lowest BCUT2D eigenvalue weighted by atomic mass is 10.3. The van der Waals surface area contributed by atoms with Crippen molar-refractivity contribution in [3.63, 3.8) is 0 Å². The number of nitrogens with zero attached hydrogens (tertiary/aromatic N) is 4. The second-order valence-corrected chi connectivity index (χ2v) is 5.31. The Morgan fingerprint density at radius 2 is 1.89 bits per heavy atom. The lowest BCUT2D eigenvalue weighted by molar-refractivity contribution is 0.592. The van der Waals surface area contributed by atoms with Crippen LogP contribution in [-0.2, 0) is 10.0 Å². The SMILES string of the molecule is O=S(=O)(Nc1ccccc1)c1nc2ncccn2n1. The highest BCUT2D eigenvalue weighted by atomic mass is 32.2. The number of anilines is 1. The molecule has 8 heteroatoms. The average molecular weight is 275 g/mol. The van der Waals surface area contributed by atoms with Crippen molar-refractivity contribution in [3.8, 4) is 0 Å². The first kappa shape index (κ1) is 11.6. The van der Waals surface area contributed by atoms with Gasteiger partial charge in [0.2, 0.25) is 0 Å². The van der Waals surface area contributed by atoms with Crippen LogP contribution < -0.4 is 4.72 Å². The maximum atomic E-state index is 12.1. The largest absolute Gasteiger partial charge is 0.299 e. The quantitative estimate of drug-likeness (QED) is 0.768. The van der Waals surface area contributed by atoms with Crippen molar-refractivity contribution in [2.45, 2.75) is 5.16 Å². The number of para-hydroxylation sites is 1. The second-order valence-electron chi connectivity index (χ2n) is 3.73. The summed E-state index contributed by atoms with van der Waals surface area (Å²) in [5, 5.41) is 3.56. The number of fused-ring (bicyclic) bond motifs is 1. The molecule has 0 atom stereocenters. The minimum atomic E-state index is -3.81. The first-order chi connectivity index (χ1) is 9.15. The molecule has 2 heterocycles. The molecular weight excluding hydrogens is 266 g/mol. The van der Waals surface area contributed by atoms with Gasteiger partial charge in [0.15, 0.2) is 0 Å². The summed E-state index contributed by atoms with van der Waals surface area (Å²) < 4.78 is 27.9.